The van der Waals surface area contributed by atoms with E-state index in [0.29, 0.717) is 0 Å². The van der Waals surface area contributed by atoms with Crippen LogP contribution in [0.5, 0.6) is 0 Å². The number of β-lactam (4-membered cyclic amide) rings is 1. The highest BCUT2D eigenvalue weighted by Crippen LogP contribution is 2.40. The van der Waals surface area contributed by atoms with Gasteiger partial charge in [0.05, 0.1) is 5.41 Å². The SMILES string of the molecule is Cn1ccnc1[C@@H]1NC(=O)C1(C)C. The van der Waals surface area contributed by atoms with E-state index in [1.165, 1.54) is 0 Å². The maximum absolute atomic E-state index is 11.2. The summed E-state index contributed by atoms with van der Waals surface area (Å²) in [5, 5.41) is 2.85. The van der Waals surface area contributed by atoms with Crippen molar-refractivity contribution in [2.24, 2.45) is 12.5 Å². The van der Waals surface area contributed by atoms with Crippen LogP contribution in [-0.2, 0) is 11.8 Å². The van der Waals surface area contributed by atoms with E-state index < -0.39 is 0 Å². The fraction of sp³-hybridized carbons (Fsp3) is 0.556. The molecule has 1 fully saturated rings. The van der Waals surface area contributed by atoms with E-state index in [2.05, 4.69) is 10.3 Å². The van der Waals surface area contributed by atoms with Gasteiger partial charge in [0, 0.05) is 19.4 Å². The Bertz CT molecular complexity index is 353. The molecule has 0 saturated carbocycles. The maximum atomic E-state index is 11.2. The first-order valence-corrected chi connectivity index (χ1v) is 4.31. The number of aromatic nitrogens is 2. The lowest BCUT2D eigenvalue weighted by Gasteiger charge is -2.43. The molecule has 4 nitrogen and oxygen atoms in total. The van der Waals surface area contributed by atoms with Crippen LogP contribution in [0.2, 0.25) is 0 Å². The number of nitrogens with one attached hydrogen (secondary N) is 1. The average Bonchev–Trinajstić information content (AvgIpc) is 2.47. The molecule has 1 aromatic heterocycles. The van der Waals surface area contributed by atoms with Crippen molar-refractivity contribution in [2.45, 2.75) is 19.9 Å². The molecule has 70 valence electrons. The van der Waals surface area contributed by atoms with Crippen LogP contribution in [-0.4, -0.2) is 15.5 Å². The summed E-state index contributed by atoms with van der Waals surface area (Å²) in [6.07, 6.45) is 3.63. The first kappa shape index (κ1) is 8.29. The lowest BCUT2D eigenvalue weighted by atomic mass is 9.76. The summed E-state index contributed by atoms with van der Waals surface area (Å²) in [7, 11) is 1.93. The summed E-state index contributed by atoms with van der Waals surface area (Å²) < 4.78 is 1.94. The molecular formula is C9H13N3O. The van der Waals surface area contributed by atoms with Crippen molar-refractivity contribution in [3.63, 3.8) is 0 Å². The lowest BCUT2D eigenvalue weighted by molar-refractivity contribution is -0.143. The standard InChI is InChI=1S/C9H13N3O/c1-9(2)6(11-8(9)13)7-10-4-5-12(7)3/h4-6H,1-3H3,(H,11,13)/t6-/m0/s1. The maximum Gasteiger partial charge on any atom is 0.228 e. The van der Waals surface area contributed by atoms with Gasteiger partial charge in [-0.2, -0.15) is 0 Å². The second-order valence-electron chi connectivity index (χ2n) is 4.02. The number of rotatable bonds is 1. The third-order valence-corrected chi connectivity index (χ3v) is 2.70. The normalized spacial score (nSPS) is 25.2. The van der Waals surface area contributed by atoms with Gasteiger partial charge < -0.3 is 9.88 Å². The molecule has 1 aliphatic rings. The number of imidazole rings is 1. The second kappa shape index (κ2) is 2.34. The van der Waals surface area contributed by atoms with Gasteiger partial charge in [0.15, 0.2) is 0 Å². The van der Waals surface area contributed by atoms with Gasteiger partial charge in [-0.25, -0.2) is 4.98 Å². The van der Waals surface area contributed by atoms with E-state index in [0.717, 1.165) is 5.82 Å². The molecule has 1 aromatic rings. The molecule has 0 spiro atoms. The van der Waals surface area contributed by atoms with Crippen molar-refractivity contribution in [1.82, 2.24) is 14.9 Å². The summed E-state index contributed by atoms with van der Waals surface area (Å²) in [5.74, 6) is 1.02. The number of amides is 1. The van der Waals surface area contributed by atoms with E-state index in [9.17, 15) is 4.79 Å². The van der Waals surface area contributed by atoms with Crippen molar-refractivity contribution < 1.29 is 4.79 Å². The average molecular weight is 179 g/mol. The minimum atomic E-state index is -0.320. The van der Waals surface area contributed by atoms with Crippen LogP contribution in [0.3, 0.4) is 0 Å². The van der Waals surface area contributed by atoms with Gasteiger partial charge in [0.25, 0.3) is 0 Å². The van der Waals surface area contributed by atoms with Gasteiger partial charge >= 0.3 is 0 Å². The van der Waals surface area contributed by atoms with Crippen LogP contribution in [0.15, 0.2) is 12.4 Å². The van der Waals surface area contributed by atoms with Crippen molar-refractivity contribution in [3.05, 3.63) is 18.2 Å². The number of hydrogen-bond acceptors (Lipinski definition) is 2. The summed E-state index contributed by atoms with van der Waals surface area (Å²) in [5.41, 5.74) is -0.320. The van der Waals surface area contributed by atoms with E-state index in [4.69, 9.17) is 0 Å². The Morgan fingerprint density at radius 3 is 2.69 bits per heavy atom. The van der Waals surface area contributed by atoms with Gasteiger partial charge in [0.2, 0.25) is 5.91 Å². The zero-order chi connectivity index (χ0) is 9.64. The molecule has 1 N–H and O–H groups in total. The minimum Gasteiger partial charge on any atom is -0.345 e. The molecule has 2 rings (SSSR count). The smallest absolute Gasteiger partial charge is 0.228 e. The molecule has 0 aromatic carbocycles. The van der Waals surface area contributed by atoms with Gasteiger partial charge in [-0.15, -0.1) is 0 Å². The Hall–Kier alpha value is -1.32. The highest BCUT2D eigenvalue weighted by molar-refractivity contribution is 5.89. The van der Waals surface area contributed by atoms with E-state index in [1.54, 1.807) is 6.20 Å². The summed E-state index contributed by atoms with van der Waals surface area (Å²) >= 11 is 0. The van der Waals surface area contributed by atoms with Crippen LogP contribution in [0, 0.1) is 5.41 Å². The summed E-state index contributed by atoms with van der Waals surface area (Å²) in [6, 6.07) is 0.0556. The Morgan fingerprint density at radius 2 is 2.31 bits per heavy atom. The number of nitrogens with zero attached hydrogens (tertiary/aromatic N) is 2. The molecule has 0 radical (unpaired) electrons. The van der Waals surface area contributed by atoms with Crippen LogP contribution < -0.4 is 5.32 Å². The monoisotopic (exact) mass is 179 g/mol. The molecule has 2 heterocycles. The van der Waals surface area contributed by atoms with Crippen LogP contribution in [0.25, 0.3) is 0 Å². The molecule has 0 aliphatic carbocycles. The largest absolute Gasteiger partial charge is 0.345 e. The van der Waals surface area contributed by atoms with Crippen molar-refractivity contribution in [1.29, 1.82) is 0 Å². The predicted octanol–water partition coefficient (Wildman–Crippen LogP) is 0.617. The van der Waals surface area contributed by atoms with Gasteiger partial charge in [-0.1, -0.05) is 0 Å². The Morgan fingerprint density at radius 1 is 1.62 bits per heavy atom. The minimum absolute atomic E-state index is 0.0556. The van der Waals surface area contributed by atoms with E-state index >= 15 is 0 Å². The molecule has 0 unspecified atom stereocenters. The van der Waals surface area contributed by atoms with Crippen LogP contribution in [0.4, 0.5) is 0 Å². The van der Waals surface area contributed by atoms with Gasteiger partial charge in [0.1, 0.15) is 11.9 Å². The van der Waals surface area contributed by atoms with Crippen LogP contribution >= 0.6 is 0 Å². The topological polar surface area (TPSA) is 46.9 Å². The molecule has 1 atom stereocenters. The molecule has 13 heavy (non-hydrogen) atoms. The lowest BCUT2D eigenvalue weighted by Crippen LogP contribution is -2.58. The summed E-state index contributed by atoms with van der Waals surface area (Å²) in [4.78, 5) is 15.4. The Balaban J connectivity index is 2.31. The number of carbonyl (C=O) groups is 1. The number of carbonyl (C=O) groups excluding carboxylic acids is 1. The number of aryl methyl sites for hydroxylation is 1. The third kappa shape index (κ3) is 0.978. The fourth-order valence-electron chi connectivity index (χ4n) is 1.59. The first-order chi connectivity index (χ1) is 6.03. The molecule has 1 saturated heterocycles. The van der Waals surface area contributed by atoms with Crippen LogP contribution in [0.1, 0.15) is 25.7 Å². The first-order valence-electron chi connectivity index (χ1n) is 4.31. The zero-order valence-corrected chi connectivity index (χ0v) is 8.03. The Labute approximate surface area is 77.0 Å². The highest BCUT2D eigenvalue weighted by atomic mass is 16.2. The fourth-order valence-corrected chi connectivity index (χ4v) is 1.59. The van der Waals surface area contributed by atoms with Gasteiger partial charge in [-0.05, 0) is 13.8 Å². The second-order valence-corrected chi connectivity index (χ2v) is 4.02. The molecule has 1 amide bonds. The number of hydrogen-bond donors (Lipinski definition) is 1. The summed E-state index contributed by atoms with van der Waals surface area (Å²) in [6.45, 7) is 3.87. The van der Waals surface area contributed by atoms with Crippen molar-refractivity contribution in [3.8, 4) is 0 Å². The zero-order valence-electron chi connectivity index (χ0n) is 8.03. The highest BCUT2D eigenvalue weighted by Gasteiger charge is 2.49. The van der Waals surface area contributed by atoms with Crippen molar-refractivity contribution in [2.75, 3.05) is 0 Å². The molecular weight excluding hydrogens is 166 g/mol. The molecule has 4 heteroatoms. The van der Waals surface area contributed by atoms with E-state index in [1.807, 2.05) is 31.7 Å². The van der Waals surface area contributed by atoms with Crippen molar-refractivity contribution >= 4 is 5.91 Å². The quantitative estimate of drug-likeness (QED) is 0.642. The predicted molar refractivity (Wildman–Crippen MR) is 47.9 cm³/mol. The van der Waals surface area contributed by atoms with E-state index in [-0.39, 0.29) is 17.4 Å². The van der Waals surface area contributed by atoms with Gasteiger partial charge in [-0.3, -0.25) is 4.79 Å². The molecule has 1 aliphatic heterocycles. The third-order valence-electron chi connectivity index (χ3n) is 2.70. The Kier molecular flexibility index (Phi) is 1.49. The molecule has 0 bridgehead atoms.